The number of ether oxygens (including phenoxy) is 2. The van der Waals surface area contributed by atoms with E-state index in [0.29, 0.717) is 0 Å². The Kier molecular flexibility index (Phi) is 5.57. The standard InChI is InChI=1S/C8H17NO4/c1-6(2)8(13-5-12-4)7(3)9(10)11/h6-8H,5H2,1-4H3/t7?,8-/m1/s1. The molecule has 0 saturated carbocycles. The third-order valence-electron chi connectivity index (χ3n) is 1.84. The Bertz CT molecular complexity index is 160. The Balaban J connectivity index is 4.15. The minimum atomic E-state index is -0.699. The summed E-state index contributed by atoms with van der Waals surface area (Å²) in [5.74, 6) is 0.107. The van der Waals surface area contributed by atoms with E-state index < -0.39 is 12.1 Å². The zero-order chi connectivity index (χ0) is 10.4. The van der Waals surface area contributed by atoms with Crippen molar-refractivity contribution in [1.29, 1.82) is 0 Å². The number of methoxy groups -OCH3 is 1. The van der Waals surface area contributed by atoms with Crippen LogP contribution in [-0.2, 0) is 9.47 Å². The predicted molar refractivity (Wildman–Crippen MR) is 48.0 cm³/mol. The molecule has 78 valence electrons. The highest BCUT2D eigenvalue weighted by atomic mass is 16.7. The summed E-state index contributed by atoms with van der Waals surface area (Å²) in [6.45, 7) is 5.42. The molecule has 0 aromatic carbocycles. The molecule has 0 saturated heterocycles. The highest BCUT2D eigenvalue weighted by Crippen LogP contribution is 2.13. The van der Waals surface area contributed by atoms with Crippen molar-refractivity contribution in [1.82, 2.24) is 0 Å². The minimum Gasteiger partial charge on any atom is -0.359 e. The smallest absolute Gasteiger partial charge is 0.236 e. The van der Waals surface area contributed by atoms with Gasteiger partial charge in [-0.15, -0.1) is 0 Å². The first-order chi connectivity index (χ1) is 6.00. The van der Waals surface area contributed by atoms with Crippen LogP contribution in [0, 0.1) is 16.0 Å². The van der Waals surface area contributed by atoms with E-state index >= 15 is 0 Å². The molecule has 5 heteroatoms. The van der Waals surface area contributed by atoms with Crippen LogP contribution in [0.4, 0.5) is 0 Å². The number of hydrogen-bond acceptors (Lipinski definition) is 4. The quantitative estimate of drug-likeness (QED) is 0.360. The van der Waals surface area contributed by atoms with E-state index in [1.54, 1.807) is 6.92 Å². The van der Waals surface area contributed by atoms with E-state index in [0.717, 1.165) is 0 Å². The van der Waals surface area contributed by atoms with Gasteiger partial charge in [-0.2, -0.15) is 0 Å². The van der Waals surface area contributed by atoms with Gasteiger partial charge >= 0.3 is 0 Å². The maximum absolute atomic E-state index is 10.5. The first kappa shape index (κ1) is 12.3. The van der Waals surface area contributed by atoms with Gasteiger partial charge in [-0.3, -0.25) is 10.1 Å². The number of nitro groups is 1. The third kappa shape index (κ3) is 4.19. The maximum atomic E-state index is 10.5. The largest absolute Gasteiger partial charge is 0.359 e. The highest BCUT2D eigenvalue weighted by molar-refractivity contribution is 4.68. The first-order valence-corrected chi connectivity index (χ1v) is 4.24. The molecule has 0 aliphatic carbocycles. The molecular weight excluding hydrogens is 174 g/mol. The maximum Gasteiger partial charge on any atom is 0.236 e. The lowest BCUT2D eigenvalue weighted by molar-refractivity contribution is -0.533. The molecule has 0 aliphatic heterocycles. The van der Waals surface area contributed by atoms with Crippen molar-refractivity contribution in [3.8, 4) is 0 Å². The van der Waals surface area contributed by atoms with Crippen LogP contribution >= 0.6 is 0 Å². The summed E-state index contributed by atoms with van der Waals surface area (Å²) >= 11 is 0. The molecule has 0 heterocycles. The normalized spacial score (nSPS) is 15.8. The second-order valence-electron chi connectivity index (χ2n) is 3.31. The Labute approximate surface area is 78.2 Å². The van der Waals surface area contributed by atoms with E-state index in [9.17, 15) is 10.1 Å². The Morgan fingerprint density at radius 1 is 1.38 bits per heavy atom. The number of hydrogen-bond donors (Lipinski definition) is 0. The van der Waals surface area contributed by atoms with Gasteiger partial charge in [0.1, 0.15) is 12.9 Å². The van der Waals surface area contributed by atoms with Crippen molar-refractivity contribution in [2.45, 2.75) is 32.9 Å². The van der Waals surface area contributed by atoms with Crippen LogP contribution in [0.5, 0.6) is 0 Å². The fraction of sp³-hybridized carbons (Fsp3) is 1.00. The molecule has 5 nitrogen and oxygen atoms in total. The molecule has 0 aromatic rings. The van der Waals surface area contributed by atoms with Gasteiger partial charge < -0.3 is 9.47 Å². The summed E-state index contributed by atoms with van der Waals surface area (Å²) < 4.78 is 9.92. The van der Waals surface area contributed by atoms with E-state index in [1.165, 1.54) is 7.11 Å². The van der Waals surface area contributed by atoms with Crippen LogP contribution in [-0.4, -0.2) is 31.0 Å². The van der Waals surface area contributed by atoms with Gasteiger partial charge in [0.25, 0.3) is 0 Å². The fourth-order valence-electron chi connectivity index (χ4n) is 1.16. The molecule has 0 aromatic heterocycles. The van der Waals surface area contributed by atoms with Gasteiger partial charge in [0, 0.05) is 19.0 Å². The van der Waals surface area contributed by atoms with Gasteiger partial charge in [-0.1, -0.05) is 13.8 Å². The third-order valence-corrected chi connectivity index (χ3v) is 1.84. The topological polar surface area (TPSA) is 61.6 Å². The lowest BCUT2D eigenvalue weighted by atomic mass is 10.0. The average Bonchev–Trinajstić information content (AvgIpc) is 2.04. The Morgan fingerprint density at radius 3 is 2.23 bits per heavy atom. The monoisotopic (exact) mass is 191 g/mol. The van der Waals surface area contributed by atoms with E-state index in [1.807, 2.05) is 13.8 Å². The summed E-state index contributed by atoms with van der Waals surface area (Å²) in [4.78, 5) is 10.2. The molecule has 2 atom stereocenters. The summed E-state index contributed by atoms with van der Waals surface area (Å²) in [6, 6.07) is -0.699. The summed E-state index contributed by atoms with van der Waals surface area (Å²) in [6.07, 6.45) is -0.394. The van der Waals surface area contributed by atoms with Gasteiger partial charge in [0.05, 0.1) is 0 Å². The zero-order valence-corrected chi connectivity index (χ0v) is 8.52. The van der Waals surface area contributed by atoms with Gasteiger partial charge in [-0.25, -0.2) is 0 Å². The van der Waals surface area contributed by atoms with Crippen molar-refractivity contribution in [3.05, 3.63) is 10.1 Å². The van der Waals surface area contributed by atoms with Crippen LogP contribution in [0.2, 0.25) is 0 Å². The molecule has 0 bridgehead atoms. The van der Waals surface area contributed by atoms with E-state index in [-0.39, 0.29) is 17.6 Å². The van der Waals surface area contributed by atoms with Crippen molar-refractivity contribution in [2.75, 3.05) is 13.9 Å². The molecule has 0 rings (SSSR count). The number of rotatable bonds is 6. The molecular formula is C8H17NO4. The molecule has 1 unspecified atom stereocenters. The van der Waals surface area contributed by atoms with Crippen LogP contribution in [0.15, 0.2) is 0 Å². The molecule has 13 heavy (non-hydrogen) atoms. The molecule has 0 N–H and O–H groups in total. The summed E-state index contributed by atoms with van der Waals surface area (Å²) in [7, 11) is 1.49. The summed E-state index contributed by atoms with van der Waals surface area (Å²) in [5.41, 5.74) is 0. The van der Waals surface area contributed by atoms with Gasteiger partial charge in [0.2, 0.25) is 6.04 Å². The van der Waals surface area contributed by atoms with Gasteiger partial charge in [-0.05, 0) is 5.92 Å². The van der Waals surface area contributed by atoms with Crippen molar-refractivity contribution in [2.24, 2.45) is 5.92 Å². The average molecular weight is 191 g/mol. The molecule has 0 radical (unpaired) electrons. The van der Waals surface area contributed by atoms with Crippen LogP contribution in [0.25, 0.3) is 0 Å². The van der Waals surface area contributed by atoms with Crippen molar-refractivity contribution in [3.63, 3.8) is 0 Å². The second kappa shape index (κ2) is 5.88. The zero-order valence-electron chi connectivity index (χ0n) is 8.52. The van der Waals surface area contributed by atoms with Crippen LogP contribution in [0.3, 0.4) is 0 Å². The Morgan fingerprint density at radius 2 is 1.92 bits per heavy atom. The number of nitrogens with zero attached hydrogens (tertiary/aromatic N) is 1. The highest BCUT2D eigenvalue weighted by Gasteiger charge is 2.30. The molecule has 0 fully saturated rings. The Hall–Kier alpha value is -0.680. The van der Waals surface area contributed by atoms with Crippen LogP contribution in [0.1, 0.15) is 20.8 Å². The lowest BCUT2D eigenvalue weighted by Crippen LogP contribution is -2.37. The first-order valence-electron chi connectivity index (χ1n) is 4.24. The van der Waals surface area contributed by atoms with Crippen molar-refractivity contribution < 1.29 is 14.4 Å². The van der Waals surface area contributed by atoms with E-state index in [2.05, 4.69) is 0 Å². The molecule has 0 amide bonds. The van der Waals surface area contributed by atoms with Crippen LogP contribution < -0.4 is 0 Å². The fourth-order valence-corrected chi connectivity index (χ4v) is 1.16. The summed E-state index contributed by atoms with van der Waals surface area (Å²) in [5, 5.41) is 10.5. The van der Waals surface area contributed by atoms with Gasteiger partial charge in [0.15, 0.2) is 0 Å². The van der Waals surface area contributed by atoms with Crippen molar-refractivity contribution >= 4 is 0 Å². The van der Waals surface area contributed by atoms with E-state index in [4.69, 9.17) is 9.47 Å². The molecule has 0 aliphatic rings. The predicted octanol–water partition coefficient (Wildman–Crippen LogP) is 1.30. The lowest BCUT2D eigenvalue weighted by Gasteiger charge is -2.21. The second-order valence-corrected chi connectivity index (χ2v) is 3.31. The SMILES string of the molecule is COCO[C@H](C(C)C)C(C)[N+](=O)[O-]. The molecule has 0 spiro atoms. The minimum absolute atomic E-state index is 0.0982.